The predicted molar refractivity (Wildman–Crippen MR) is 106 cm³/mol. The summed E-state index contributed by atoms with van der Waals surface area (Å²) in [5, 5.41) is 5.24. The Morgan fingerprint density at radius 3 is 2.21 bits per heavy atom. The molecule has 0 atom stereocenters. The molecule has 0 aromatic heterocycles. The monoisotopic (exact) mass is 384 g/mol. The van der Waals surface area contributed by atoms with Crippen molar-refractivity contribution in [3.63, 3.8) is 0 Å². The molecular formula is C21H24N2O5. The average molecular weight is 384 g/mol. The highest BCUT2D eigenvalue weighted by atomic mass is 16.5. The average Bonchev–Trinajstić information content (AvgIpc) is 2.64. The van der Waals surface area contributed by atoms with Gasteiger partial charge < -0.3 is 20.1 Å². The molecule has 0 aliphatic rings. The van der Waals surface area contributed by atoms with Crippen LogP contribution >= 0.6 is 0 Å². The Kier molecular flexibility index (Phi) is 7.56. The normalized spacial score (nSPS) is 10.3. The van der Waals surface area contributed by atoms with Gasteiger partial charge in [-0.15, -0.1) is 0 Å². The Balaban J connectivity index is 1.83. The summed E-state index contributed by atoms with van der Waals surface area (Å²) >= 11 is 0. The molecule has 0 saturated carbocycles. The van der Waals surface area contributed by atoms with Gasteiger partial charge in [0.15, 0.2) is 6.61 Å². The number of ether oxygens (including phenoxy) is 2. The zero-order valence-electron chi connectivity index (χ0n) is 16.2. The van der Waals surface area contributed by atoms with E-state index in [1.54, 1.807) is 48.5 Å². The molecule has 28 heavy (non-hydrogen) atoms. The van der Waals surface area contributed by atoms with E-state index in [2.05, 4.69) is 10.6 Å². The van der Waals surface area contributed by atoms with Crippen molar-refractivity contribution in [2.75, 3.05) is 23.8 Å². The molecule has 0 bridgehead atoms. The lowest BCUT2D eigenvalue weighted by atomic mass is 10.2. The summed E-state index contributed by atoms with van der Waals surface area (Å²) in [6.45, 7) is 5.66. The zero-order chi connectivity index (χ0) is 20.5. The van der Waals surface area contributed by atoms with Crippen molar-refractivity contribution < 1.29 is 23.9 Å². The Labute approximate surface area is 164 Å². The number of esters is 1. The molecule has 0 heterocycles. The lowest BCUT2D eigenvalue weighted by Gasteiger charge is -2.10. The third-order valence-electron chi connectivity index (χ3n) is 3.47. The van der Waals surface area contributed by atoms with Crippen LogP contribution in [0.4, 0.5) is 11.4 Å². The summed E-state index contributed by atoms with van der Waals surface area (Å²) in [5.74, 6) is -0.218. The van der Waals surface area contributed by atoms with Gasteiger partial charge in [-0.05, 0) is 48.4 Å². The van der Waals surface area contributed by atoms with Crippen LogP contribution in [0, 0.1) is 5.92 Å². The molecule has 7 nitrogen and oxygen atoms in total. The van der Waals surface area contributed by atoms with E-state index in [1.165, 1.54) is 6.92 Å². The zero-order valence-corrected chi connectivity index (χ0v) is 16.2. The van der Waals surface area contributed by atoms with Crippen LogP contribution in [0.15, 0.2) is 48.5 Å². The van der Waals surface area contributed by atoms with Crippen LogP contribution in [0.3, 0.4) is 0 Å². The van der Waals surface area contributed by atoms with E-state index in [0.29, 0.717) is 35.2 Å². The third kappa shape index (κ3) is 7.11. The van der Waals surface area contributed by atoms with Gasteiger partial charge in [0, 0.05) is 18.3 Å². The van der Waals surface area contributed by atoms with Gasteiger partial charge >= 0.3 is 5.97 Å². The minimum atomic E-state index is -0.599. The first kappa shape index (κ1) is 21.0. The summed E-state index contributed by atoms with van der Waals surface area (Å²) in [6, 6.07) is 13.2. The predicted octanol–water partition coefficient (Wildman–Crippen LogP) is 3.48. The molecular weight excluding hydrogens is 360 g/mol. The molecule has 0 spiro atoms. The number of nitrogens with one attached hydrogen (secondary N) is 2. The molecule has 0 aliphatic heterocycles. The first-order chi connectivity index (χ1) is 13.3. The van der Waals surface area contributed by atoms with Crippen LogP contribution in [0.5, 0.6) is 5.75 Å². The fraction of sp³-hybridized carbons (Fsp3) is 0.286. The van der Waals surface area contributed by atoms with Crippen LogP contribution in [0.1, 0.15) is 31.1 Å². The molecule has 148 valence electrons. The topological polar surface area (TPSA) is 93.7 Å². The standard InChI is InChI=1S/C21H24N2O5/c1-14(2)12-27-19-9-7-16(8-10-19)21(26)28-13-20(25)23-18-6-4-5-17(11-18)22-15(3)24/h4-11,14H,12-13H2,1-3H3,(H,22,24)(H,23,25). The largest absolute Gasteiger partial charge is 0.493 e. The Morgan fingerprint density at radius 2 is 1.61 bits per heavy atom. The van der Waals surface area contributed by atoms with E-state index in [0.717, 1.165) is 0 Å². The first-order valence-electron chi connectivity index (χ1n) is 8.91. The van der Waals surface area contributed by atoms with Crippen LogP contribution in [0.25, 0.3) is 0 Å². The molecule has 0 fully saturated rings. The Morgan fingerprint density at radius 1 is 0.964 bits per heavy atom. The minimum absolute atomic E-state index is 0.210. The SMILES string of the molecule is CC(=O)Nc1cccc(NC(=O)COC(=O)c2ccc(OCC(C)C)cc2)c1. The molecule has 2 rings (SSSR count). The summed E-state index contributed by atoms with van der Waals surface area (Å²) < 4.78 is 10.6. The van der Waals surface area contributed by atoms with Crippen molar-refractivity contribution >= 4 is 29.2 Å². The second-order valence-corrected chi connectivity index (χ2v) is 6.62. The smallest absolute Gasteiger partial charge is 0.338 e. The number of benzene rings is 2. The van der Waals surface area contributed by atoms with Gasteiger partial charge in [0.2, 0.25) is 5.91 Å². The van der Waals surface area contributed by atoms with E-state index >= 15 is 0 Å². The fourth-order valence-electron chi connectivity index (χ4n) is 2.24. The molecule has 2 aromatic rings. The highest BCUT2D eigenvalue weighted by Gasteiger charge is 2.11. The quantitative estimate of drug-likeness (QED) is 0.680. The third-order valence-corrected chi connectivity index (χ3v) is 3.47. The molecule has 0 radical (unpaired) electrons. The van der Waals surface area contributed by atoms with E-state index in [1.807, 2.05) is 13.8 Å². The van der Waals surface area contributed by atoms with Crippen LogP contribution < -0.4 is 15.4 Å². The molecule has 2 aromatic carbocycles. The summed E-state index contributed by atoms with van der Waals surface area (Å²) in [7, 11) is 0. The molecule has 2 N–H and O–H groups in total. The van der Waals surface area contributed by atoms with Gasteiger partial charge in [0.05, 0.1) is 12.2 Å². The van der Waals surface area contributed by atoms with E-state index < -0.39 is 18.5 Å². The minimum Gasteiger partial charge on any atom is -0.493 e. The highest BCUT2D eigenvalue weighted by Crippen LogP contribution is 2.16. The summed E-state index contributed by atoms with van der Waals surface area (Å²) in [4.78, 5) is 35.1. The van der Waals surface area contributed by atoms with E-state index in [9.17, 15) is 14.4 Å². The fourth-order valence-corrected chi connectivity index (χ4v) is 2.24. The van der Waals surface area contributed by atoms with Gasteiger partial charge in [-0.25, -0.2) is 4.79 Å². The lowest BCUT2D eigenvalue weighted by molar-refractivity contribution is -0.119. The second-order valence-electron chi connectivity index (χ2n) is 6.62. The van der Waals surface area contributed by atoms with E-state index in [4.69, 9.17) is 9.47 Å². The summed E-state index contributed by atoms with van der Waals surface area (Å²) in [6.07, 6.45) is 0. The Bertz CT molecular complexity index is 831. The van der Waals surface area contributed by atoms with Crippen LogP contribution in [-0.4, -0.2) is 31.0 Å². The maximum absolute atomic E-state index is 12.1. The van der Waals surface area contributed by atoms with Crippen LogP contribution in [0.2, 0.25) is 0 Å². The van der Waals surface area contributed by atoms with Crippen molar-refractivity contribution in [1.82, 2.24) is 0 Å². The lowest BCUT2D eigenvalue weighted by Crippen LogP contribution is -2.21. The Hall–Kier alpha value is -3.35. The maximum atomic E-state index is 12.1. The first-order valence-corrected chi connectivity index (χ1v) is 8.91. The second kappa shape index (κ2) is 10.1. The van der Waals surface area contributed by atoms with Crippen molar-refractivity contribution in [1.29, 1.82) is 0 Å². The van der Waals surface area contributed by atoms with Crippen LogP contribution in [-0.2, 0) is 14.3 Å². The number of hydrogen-bond acceptors (Lipinski definition) is 5. The molecule has 0 aliphatic carbocycles. The summed E-state index contributed by atoms with van der Waals surface area (Å²) in [5.41, 5.74) is 1.37. The molecule has 7 heteroatoms. The van der Waals surface area contributed by atoms with Gasteiger partial charge in [0.25, 0.3) is 5.91 Å². The number of hydrogen-bond donors (Lipinski definition) is 2. The van der Waals surface area contributed by atoms with Gasteiger partial charge in [0.1, 0.15) is 5.75 Å². The van der Waals surface area contributed by atoms with Gasteiger partial charge in [-0.3, -0.25) is 9.59 Å². The maximum Gasteiger partial charge on any atom is 0.338 e. The number of rotatable bonds is 8. The highest BCUT2D eigenvalue weighted by molar-refractivity contribution is 5.96. The van der Waals surface area contributed by atoms with Gasteiger partial charge in [-0.1, -0.05) is 19.9 Å². The number of carbonyl (C=O) groups is 3. The molecule has 0 saturated heterocycles. The van der Waals surface area contributed by atoms with Crippen molar-refractivity contribution in [2.45, 2.75) is 20.8 Å². The van der Waals surface area contributed by atoms with Crippen molar-refractivity contribution in [3.8, 4) is 5.75 Å². The number of anilines is 2. The van der Waals surface area contributed by atoms with E-state index in [-0.39, 0.29) is 5.91 Å². The molecule has 2 amide bonds. The van der Waals surface area contributed by atoms with Crippen molar-refractivity contribution in [3.05, 3.63) is 54.1 Å². The number of amides is 2. The molecule has 0 unspecified atom stereocenters. The van der Waals surface area contributed by atoms with Gasteiger partial charge in [-0.2, -0.15) is 0 Å². The van der Waals surface area contributed by atoms with Crippen molar-refractivity contribution in [2.24, 2.45) is 5.92 Å². The number of carbonyl (C=O) groups excluding carboxylic acids is 3.